The quantitative estimate of drug-likeness (QED) is 0.583. The van der Waals surface area contributed by atoms with Crippen LogP contribution in [0.1, 0.15) is 16.1 Å². The van der Waals surface area contributed by atoms with Crippen LogP contribution in [0, 0.1) is 6.92 Å². The molecule has 0 aliphatic heterocycles. The molecule has 0 aliphatic rings. The van der Waals surface area contributed by atoms with Gasteiger partial charge in [-0.15, -0.1) is 0 Å². The van der Waals surface area contributed by atoms with E-state index in [4.69, 9.17) is 5.73 Å². The molecule has 4 rings (SSSR count). The van der Waals surface area contributed by atoms with E-state index >= 15 is 0 Å². The number of carbonyl (C=O) groups excluding carboxylic acids is 1. The zero-order valence-electron chi connectivity index (χ0n) is 13.5. The van der Waals surface area contributed by atoms with Crippen molar-refractivity contribution in [2.45, 2.75) is 6.92 Å². The van der Waals surface area contributed by atoms with E-state index in [0.29, 0.717) is 23.2 Å². The molecule has 0 aliphatic carbocycles. The van der Waals surface area contributed by atoms with Crippen LogP contribution in [0.3, 0.4) is 0 Å². The lowest BCUT2D eigenvalue weighted by molar-refractivity contribution is 0.112. The number of rotatable bonds is 3. The predicted molar refractivity (Wildman–Crippen MR) is 96.2 cm³/mol. The van der Waals surface area contributed by atoms with Gasteiger partial charge in [-0.1, -0.05) is 36.4 Å². The van der Waals surface area contributed by atoms with E-state index in [-0.39, 0.29) is 5.82 Å². The summed E-state index contributed by atoms with van der Waals surface area (Å²) in [4.78, 5) is 20.2. The van der Waals surface area contributed by atoms with Crippen LogP contribution in [0.25, 0.3) is 28.0 Å². The molecule has 6 heteroatoms. The van der Waals surface area contributed by atoms with Crippen LogP contribution in [-0.2, 0) is 0 Å². The number of carbonyl (C=O) groups is 1. The van der Waals surface area contributed by atoms with Crippen molar-refractivity contribution >= 4 is 17.8 Å². The Kier molecular flexibility index (Phi) is 3.50. The number of nitrogens with zero attached hydrogens (tertiary/aromatic N) is 4. The van der Waals surface area contributed by atoms with Gasteiger partial charge in [0, 0.05) is 22.9 Å². The molecule has 0 atom stereocenters. The van der Waals surface area contributed by atoms with Crippen LogP contribution >= 0.6 is 0 Å². The summed E-state index contributed by atoms with van der Waals surface area (Å²) in [7, 11) is 0. The van der Waals surface area contributed by atoms with Crippen LogP contribution in [0.4, 0.5) is 5.82 Å². The Hall–Kier alpha value is -3.54. The van der Waals surface area contributed by atoms with E-state index in [2.05, 4.69) is 15.1 Å². The van der Waals surface area contributed by atoms with Gasteiger partial charge in [0.1, 0.15) is 5.82 Å². The summed E-state index contributed by atoms with van der Waals surface area (Å²) in [5.74, 6) is 0.289. The largest absolute Gasteiger partial charge is 0.383 e. The van der Waals surface area contributed by atoms with Crippen molar-refractivity contribution in [3.8, 4) is 22.4 Å². The van der Waals surface area contributed by atoms with Gasteiger partial charge in [-0.3, -0.25) is 9.78 Å². The summed E-state index contributed by atoms with van der Waals surface area (Å²) in [5.41, 5.74) is 11.2. The molecule has 0 spiro atoms. The molecule has 0 bridgehead atoms. The summed E-state index contributed by atoms with van der Waals surface area (Å²) in [6.45, 7) is 1.76. The Morgan fingerprint density at radius 3 is 2.52 bits per heavy atom. The van der Waals surface area contributed by atoms with Crippen LogP contribution in [0.2, 0.25) is 0 Å². The van der Waals surface area contributed by atoms with E-state index in [0.717, 1.165) is 22.4 Å². The molecule has 4 aromatic rings. The van der Waals surface area contributed by atoms with Gasteiger partial charge in [0.05, 0.1) is 23.1 Å². The Balaban J connectivity index is 1.81. The normalized spacial score (nSPS) is 10.9. The first-order valence-electron chi connectivity index (χ1n) is 7.80. The minimum absolute atomic E-state index is 0.289. The second-order valence-electron chi connectivity index (χ2n) is 5.71. The van der Waals surface area contributed by atoms with Gasteiger partial charge in [0.25, 0.3) is 0 Å². The molecule has 0 amide bonds. The molecule has 0 radical (unpaired) electrons. The summed E-state index contributed by atoms with van der Waals surface area (Å²) in [6.07, 6.45) is 4.18. The number of hydrogen-bond acceptors (Lipinski definition) is 5. The molecule has 1 aromatic carbocycles. The minimum atomic E-state index is 0.289. The lowest BCUT2D eigenvalue weighted by atomic mass is 10.1. The highest BCUT2D eigenvalue weighted by molar-refractivity contribution is 5.86. The van der Waals surface area contributed by atoms with Gasteiger partial charge < -0.3 is 5.73 Å². The lowest BCUT2D eigenvalue weighted by Crippen LogP contribution is -2.07. The number of fused-ring (bicyclic) bond motifs is 1. The predicted octanol–water partition coefficient (Wildman–Crippen LogP) is 3.16. The number of nitrogens with two attached hydrogens (primary N) is 1. The zero-order chi connectivity index (χ0) is 17.4. The number of benzene rings is 1. The van der Waals surface area contributed by atoms with Crippen molar-refractivity contribution in [1.29, 1.82) is 0 Å². The maximum atomic E-state index is 11.2. The second-order valence-corrected chi connectivity index (χ2v) is 5.71. The standard InChI is InChI=1S/C19H15N5O/c1-12-16(11-25)18(20)24-19(23-12)15(10-22-24)14-7-8-17(21-9-14)13-5-3-2-4-6-13/h2-11H,20H2,1H3. The number of aryl methyl sites for hydroxylation is 1. The van der Waals surface area contributed by atoms with Gasteiger partial charge in [0.2, 0.25) is 0 Å². The fourth-order valence-electron chi connectivity index (χ4n) is 2.83. The maximum Gasteiger partial charge on any atom is 0.165 e. The van der Waals surface area contributed by atoms with E-state index in [1.807, 2.05) is 42.5 Å². The number of aromatic nitrogens is 4. The first-order chi connectivity index (χ1) is 12.2. The molecule has 3 heterocycles. The average molecular weight is 329 g/mol. The number of pyridine rings is 1. The molecule has 3 aromatic heterocycles. The third kappa shape index (κ3) is 2.44. The first-order valence-corrected chi connectivity index (χ1v) is 7.80. The van der Waals surface area contributed by atoms with Crippen molar-refractivity contribution in [3.63, 3.8) is 0 Å². The lowest BCUT2D eigenvalue weighted by Gasteiger charge is -2.06. The van der Waals surface area contributed by atoms with Crippen molar-refractivity contribution in [3.05, 3.63) is 66.1 Å². The van der Waals surface area contributed by atoms with Crippen molar-refractivity contribution in [2.75, 3.05) is 5.73 Å². The highest BCUT2D eigenvalue weighted by atomic mass is 16.1. The van der Waals surface area contributed by atoms with E-state index in [1.54, 1.807) is 19.3 Å². The zero-order valence-corrected chi connectivity index (χ0v) is 13.5. The van der Waals surface area contributed by atoms with Crippen molar-refractivity contribution < 1.29 is 4.79 Å². The second kappa shape index (κ2) is 5.83. The molecule has 25 heavy (non-hydrogen) atoms. The van der Waals surface area contributed by atoms with E-state index in [9.17, 15) is 4.79 Å². The molecule has 0 saturated carbocycles. The SMILES string of the molecule is Cc1nc2c(-c3ccc(-c4ccccc4)nc3)cnn2c(N)c1C=O. The summed E-state index contributed by atoms with van der Waals surface area (Å²) in [6, 6.07) is 13.9. The number of aldehydes is 1. The van der Waals surface area contributed by atoms with Crippen LogP contribution in [-0.4, -0.2) is 25.9 Å². The fraction of sp³-hybridized carbons (Fsp3) is 0.0526. The molecule has 0 unspecified atom stereocenters. The summed E-state index contributed by atoms with van der Waals surface area (Å²) < 4.78 is 1.48. The van der Waals surface area contributed by atoms with Gasteiger partial charge in [-0.05, 0) is 13.0 Å². The van der Waals surface area contributed by atoms with Gasteiger partial charge in [0.15, 0.2) is 11.9 Å². The van der Waals surface area contributed by atoms with Crippen molar-refractivity contribution in [1.82, 2.24) is 19.6 Å². The molecule has 2 N–H and O–H groups in total. The van der Waals surface area contributed by atoms with Gasteiger partial charge in [-0.2, -0.15) is 9.61 Å². The molecule has 0 saturated heterocycles. The fourth-order valence-corrected chi connectivity index (χ4v) is 2.83. The average Bonchev–Trinajstić information content (AvgIpc) is 3.07. The molecule has 6 nitrogen and oxygen atoms in total. The number of hydrogen-bond donors (Lipinski definition) is 1. The molecular weight excluding hydrogens is 314 g/mol. The molecule has 122 valence electrons. The van der Waals surface area contributed by atoms with Crippen LogP contribution < -0.4 is 5.73 Å². The van der Waals surface area contributed by atoms with Crippen LogP contribution in [0.5, 0.6) is 0 Å². The van der Waals surface area contributed by atoms with E-state index < -0.39 is 0 Å². The van der Waals surface area contributed by atoms with E-state index in [1.165, 1.54) is 4.52 Å². The van der Waals surface area contributed by atoms with Gasteiger partial charge in [-0.25, -0.2) is 4.98 Å². The smallest absolute Gasteiger partial charge is 0.165 e. The number of nitrogen functional groups attached to an aromatic ring is 1. The minimum Gasteiger partial charge on any atom is -0.383 e. The molecule has 0 fully saturated rings. The Labute approximate surface area is 144 Å². The Morgan fingerprint density at radius 2 is 1.84 bits per heavy atom. The summed E-state index contributed by atoms with van der Waals surface area (Å²) in [5, 5.41) is 4.27. The number of anilines is 1. The highest BCUT2D eigenvalue weighted by Gasteiger charge is 2.15. The Morgan fingerprint density at radius 1 is 1.04 bits per heavy atom. The first kappa shape index (κ1) is 15.0. The Bertz CT molecular complexity index is 1070. The monoisotopic (exact) mass is 329 g/mol. The third-order valence-electron chi connectivity index (χ3n) is 4.17. The van der Waals surface area contributed by atoms with Crippen LogP contribution in [0.15, 0.2) is 54.9 Å². The maximum absolute atomic E-state index is 11.2. The van der Waals surface area contributed by atoms with Crippen molar-refractivity contribution in [2.24, 2.45) is 0 Å². The molecular formula is C19H15N5O. The topological polar surface area (TPSA) is 86.2 Å². The summed E-state index contributed by atoms with van der Waals surface area (Å²) >= 11 is 0. The van der Waals surface area contributed by atoms with Gasteiger partial charge >= 0.3 is 0 Å². The third-order valence-corrected chi connectivity index (χ3v) is 4.17. The highest BCUT2D eigenvalue weighted by Crippen LogP contribution is 2.27.